The third-order valence-electron chi connectivity index (χ3n) is 1.60. The maximum atomic E-state index is 10.6. The van der Waals surface area contributed by atoms with Gasteiger partial charge >= 0.3 is 0 Å². The van der Waals surface area contributed by atoms with Gasteiger partial charge < -0.3 is 5.11 Å². The quantitative estimate of drug-likeness (QED) is 0.605. The average molecular weight is 156 g/mol. The molecule has 1 heterocycles. The minimum Gasteiger partial charge on any atom is -0.396 e. The first-order valence-corrected chi connectivity index (χ1v) is 3.78. The van der Waals surface area contributed by atoms with Gasteiger partial charge in [0.15, 0.2) is 0 Å². The van der Waals surface area contributed by atoms with E-state index in [1.54, 1.807) is 0 Å². The van der Waals surface area contributed by atoms with Crippen molar-refractivity contribution in [2.75, 3.05) is 6.61 Å². The first-order chi connectivity index (χ1) is 5.33. The van der Waals surface area contributed by atoms with Crippen molar-refractivity contribution in [1.82, 2.24) is 5.43 Å². The molecule has 0 bridgehead atoms. The fourth-order valence-electron chi connectivity index (χ4n) is 0.975. The average Bonchev–Trinajstić information content (AvgIpc) is 2.04. The summed E-state index contributed by atoms with van der Waals surface area (Å²) in [6.45, 7) is 0.187. The monoisotopic (exact) mass is 156 g/mol. The summed E-state index contributed by atoms with van der Waals surface area (Å²) in [6.07, 6.45) is 2.79. The SMILES string of the molecule is O=C1CCC(CCCO)=NN1. The van der Waals surface area contributed by atoms with Gasteiger partial charge in [-0.05, 0) is 19.3 Å². The molecule has 0 saturated heterocycles. The zero-order valence-corrected chi connectivity index (χ0v) is 6.34. The lowest BCUT2D eigenvalue weighted by atomic mass is 10.1. The number of hydrogen-bond donors (Lipinski definition) is 2. The number of nitrogens with zero attached hydrogens (tertiary/aromatic N) is 1. The van der Waals surface area contributed by atoms with Crippen molar-refractivity contribution in [3.8, 4) is 0 Å². The van der Waals surface area contributed by atoms with E-state index in [4.69, 9.17) is 5.11 Å². The van der Waals surface area contributed by atoms with Crippen molar-refractivity contribution >= 4 is 11.6 Å². The summed E-state index contributed by atoms with van der Waals surface area (Å²) < 4.78 is 0. The Kier molecular flexibility index (Phi) is 3.04. The van der Waals surface area contributed by atoms with Gasteiger partial charge in [0.1, 0.15) is 0 Å². The Bertz CT molecular complexity index is 177. The van der Waals surface area contributed by atoms with Crippen LogP contribution in [0.3, 0.4) is 0 Å². The Hall–Kier alpha value is -0.900. The smallest absolute Gasteiger partial charge is 0.240 e. The maximum Gasteiger partial charge on any atom is 0.240 e. The Labute approximate surface area is 65.3 Å². The molecule has 0 aromatic heterocycles. The largest absolute Gasteiger partial charge is 0.396 e. The third-order valence-corrected chi connectivity index (χ3v) is 1.60. The summed E-state index contributed by atoms with van der Waals surface area (Å²) >= 11 is 0. The Morgan fingerprint density at radius 2 is 2.36 bits per heavy atom. The van der Waals surface area contributed by atoms with Gasteiger partial charge in [0.25, 0.3) is 0 Å². The second-order valence-corrected chi connectivity index (χ2v) is 2.54. The summed E-state index contributed by atoms with van der Waals surface area (Å²) in [5.74, 6) is -0.0160. The topological polar surface area (TPSA) is 61.7 Å². The summed E-state index contributed by atoms with van der Waals surface area (Å²) in [4.78, 5) is 10.6. The predicted octanol–water partition coefficient (Wildman–Crippen LogP) is 0.0249. The number of hydrogen-bond acceptors (Lipinski definition) is 3. The van der Waals surface area contributed by atoms with E-state index in [0.29, 0.717) is 6.42 Å². The van der Waals surface area contributed by atoms with E-state index in [0.717, 1.165) is 25.0 Å². The molecule has 11 heavy (non-hydrogen) atoms. The van der Waals surface area contributed by atoms with Crippen LogP contribution in [0.2, 0.25) is 0 Å². The van der Waals surface area contributed by atoms with Crippen LogP contribution in [0.5, 0.6) is 0 Å². The third kappa shape index (κ3) is 2.67. The molecule has 0 aromatic rings. The highest BCUT2D eigenvalue weighted by Gasteiger charge is 2.09. The van der Waals surface area contributed by atoms with Crippen LogP contribution in [0.4, 0.5) is 0 Å². The van der Waals surface area contributed by atoms with E-state index in [-0.39, 0.29) is 12.5 Å². The summed E-state index contributed by atoms with van der Waals surface area (Å²) in [5.41, 5.74) is 3.39. The molecule has 0 fully saturated rings. The van der Waals surface area contributed by atoms with Crippen LogP contribution < -0.4 is 5.43 Å². The normalized spacial score (nSPS) is 17.5. The molecular weight excluding hydrogens is 144 g/mol. The molecule has 4 heteroatoms. The Morgan fingerprint density at radius 1 is 1.55 bits per heavy atom. The minimum absolute atomic E-state index is 0.0160. The molecule has 1 rings (SSSR count). The van der Waals surface area contributed by atoms with Crippen molar-refractivity contribution in [2.24, 2.45) is 5.10 Å². The van der Waals surface area contributed by atoms with Gasteiger partial charge in [0, 0.05) is 18.7 Å². The number of rotatable bonds is 3. The van der Waals surface area contributed by atoms with E-state index >= 15 is 0 Å². The van der Waals surface area contributed by atoms with Gasteiger partial charge in [0.05, 0.1) is 0 Å². The first-order valence-electron chi connectivity index (χ1n) is 3.78. The fourth-order valence-corrected chi connectivity index (χ4v) is 0.975. The number of hydrazone groups is 1. The van der Waals surface area contributed by atoms with Gasteiger partial charge in [-0.1, -0.05) is 0 Å². The van der Waals surface area contributed by atoms with Gasteiger partial charge in [0.2, 0.25) is 5.91 Å². The molecule has 0 spiro atoms. The number of carbonyl (C=O) groups excluding carboxylic acids is 1. The molecule has 0 radical (unpaired) electrons. The lowest BCUT2D eigenvalue weighted by Gasteiger charge is -2.10. The number of aliphatic hydroxyl groups excluding tert-OH is 1. The maximum absolute atomic E-state index is 10.6. The Morgan fingerprint density at radius 3 is 2.91 bits per heavy atom. The fraction of sp³-hybridized carbons (Fsp3) is 0.714. The van der Waals surface area contributed by atoms with Crippen LogP contribution in [-0.2, 0) is 4.79 Å². The molecule has 0 unspecified atom stereocenters. The molecule has 2 N–H and O–H groups in total. The van der Waals surface area contributed by atoms with Crippen molar-refractivity contribution in [3.63, 3.8) is 0 Å². The van der Waals surface area contributed by atoms with Crippen LogP contribution in [0.15, 0.2) is 5.10 Å². The van der Waals surface area contributed by atoms with Gasteiger partial charge in [-0.15, -0.1) is 0 Å². The summed E-state index contributed by atoms with van der Waals surface area (Å²) in [7, 11) is 0. The van der Waals surface area contributed by atoms with Crippen molar-refractivity contribution in [3.05, 3.63) is 0 Å². The zero-order valence-electron chi connectivity index (χ0n) is 6.34. The first kappa shape index (κ1) is 8.20. The molecule has 1 aliphatic rings. The lowest BCUT2D eigenvalue weighted by molar-refractivity contribution is -0.121. The number of amides is 1. The van der Waals surface area contributed by atoms with E-state index in [9.17, 15) is 4.79 Å². The molecule has 0 aromatic carbocycles. The highest BCUT2D eigenvalue weighted by molar-refractivity contribution is 5.92. The van der Waals surface area contributed by atoms with E-state index in [1.807, 2.05) is 0 Å². The summed E-state index contributed by atoms with van der Waals surface area (Å²) in [5, 5.41) is 12.4. The van der Waals surface area contributed by atoms with Crippen molar-refractivity contribution in [1.29, 1.82) is 0 Å². The number of carbonyl (C=O) groups is 1. The second-order valence-electron chi connectivity index (χ2n) is 2.54. The van der Waals surface area contributed by atoms with E-state index in [1.165, 1.54) is 0 Å². The molecule has 62 valence electrons. The molecule has 1 amide bonds. The second kappa shape index (κ2) is 4.08. The minimum atomic E-state index is -0.0160. The Balaban J connectivity index is 2.29. The molecule has 0 saturated carbocycles. The van der Waals surface area contributed by atoms with Crippen LogP contribution in [0, 0.1) is 0 Å². The standard InChI is InChI=1S/C7H12N2O2/c10-5-1-2-6-3-4-7(11)9-8-6/h10H,1-5H2,(H,9,11). The zero-order chi connectivity index (χ0) is 8.10. The number of aliphatic hydroxyl groups is 1. The van der Waals surface area contributed by atoms with Crippen molar-refractivity contribution in [2.45, 2.75) is 25.7 Å². The predicted molar refractivity (Wildman–Crippen MR) is 41.1 cm³/mol. The lowest BCUT2D eigenvalue weighted by Crippen LogP contribution is -2.25. The van der Waals surface area contributed by atoms with Gasteiger partial charge in [-0.2, -0.15) is 5.10 Å². The highest BCUT2D eigenvalue weighted by Crippen LogP contribution is 2.04. The molecular formula is C7H12N2O2. The van der Waals surface area contributed by atoms with Gasteiger partial charge in [-0.25, -0.2) is 5.43 Å². The van der Waals surface area contributed by atoms with Gasteiger partial charge in [-0.3, -0.25) is 4.79 Å². The number of nitrogens with one attached hydrogen (secondary N) is 1. The van der Waals surface area contributed by atoms with Crippen LogP contribution in [0.1, 0.15) is 25.7 Å². The van der Waals surface area contributed by atoms with E-state index in [2.05, 4.69) is 10.5 Å². The van der Waals surface area contributed by atoms with Crippen LogP contribution in [-0.4, -0.2) is 23.3 Å². The molecule has 1 aliphatic heterocycles. The van der Waals surface area contributed by atoms with Crippen molar-refractivity contribution < 1.29 is 9.90 Å². The van der Waals surface area contributed by atoms with E-state index < -0.39 is 0 Å². The van der Waals surface area contributed by atoms with Crippen LogP contribution in [0.25, 0.3) is 0 Å². The molecule has 0 atom stereocenters. The highest BCUT2D eigenvalue weighted by atomic mass is 16.2. The van der Waals surface area contributed by atoms with Crippen LogP contribution >= 0.6 is 0 Å². The molecule has 4 nitrogen and oxygen atoms in total. The molecule has 0 aliphatic carbocycles. The summed E-state index contributed by atoms with van der Waals surface area (Å²) in [6, 6.07) is 0.